The standard InChI is InChI=1S/C33H46O5/c1-19-27-21(16-26(36)38-8)15-24-31(5,22(27)17-23(35)28(19)37)12-14-33(7)25-18-30(4,20(2)34)10-9-29(25,3)11-13-32(24,33)6/h15,17,23,25,35,37H,9-14,16,18H2,1-8H3/t23?,25-,29-,30-,31+,32-,33+/m1/s1. The van der Waals surface area contributed by atoms with E-state index >= 15 is 0 Å². The summed E-state index contributed by atoms with van der Waals surface area (Å²) in [6.45, 7) is 15.4. The highest BCUT2D eigenvalue weighted by Gasteiger charge is 2.67. The second kappa shape index (κ2) is 8.43. The van der Waals surface area contributed by atoms with E-state index in [1.165, 1.54) is 12.7 Å². The number of fused-ring (bicyclic) bond motifs is 7. The van der Waals surface area contributed by atoms with Gasteiger partial charge in [-0.3, -0.25) is 9.59 Å². The third kappa shape index (κ3) is 3.46. The molecule has 5 nitrogen and oxygen atoms in total. The molecule has 5 aliphatic carbocycles. The molecule has 2 N–H and O–H groups in total. The van der Waals surface area contributed by atoms with Crippen molar-refractivity contribution >= 4 is 11.8 Å². The molecule has 0 bridgehead atoms. The van der Waals surface area contributed by atoms with Crippen molar-refractivity contribution in [1.29, 1.82) is 0 Å². The Morgan fingerprint density at radius 1 is 1.03 bits per heavy atom. The largest absolute Gasteiger partial charge is 0.509 e. The van der Waals surface area contributed by atoms with Crippen molar-refractivity contribution in [3.63, 3.8) is 0 Å². The summed E-state index contributed by atoms with van der Waals surface area (Å²) in [6, 6.07) is 0. The summed E-state index contributed by atoms with van der Waals surface area (Å²) in [5.74, 6) is 0.380. The molecule has 0 spiro atoms. The molecule has 0 aromatic rings. The zero-order valence-corrected chi connectivity index (χ0v) is 24.6. The Hall–Kier alpha value is -2.14. The van der Waals surface area contributed by atoms with E-state index in [9.17, 15) is 19.8 Å². The highest BCUT2D eigenvalue weighted by atomic mass is 16.5. The van der Waals surface area contributed by atoms with Gasteiger partial charge in [-0.05, 0) is 109 Å². The monoisotopic (exact) mass is 522 g/mol. The predicted octanol–water partition coefficient (Wildman–Crippen LogP) is 6.93. The van der Waals surface area contributed by atoms with Gasteiger partial charge >= 0.3 is 5.97 Å². The number of esters is 1. The summed E-state index contributed by atoms with van der Waals surface area (Å²) in [7, 11) is 1.41. The van der Waals surface area contributed by atoms with Gasteiger partial charge in [-0.25, -0.2) is 0 Å². The molecule has 0 aliphatic heterocycles. The van der Waals surface area contributed by atoms with Gasteiger partial charge in [0.15, 0.2) is 0 Å². The van der Waals surface area contributed by atoms with Crippen LogP contribution >= 0.6 is 0 Å². The number of ether oxygens (including phenoxy) is 1. The Bertz CT molecular complexity index is 1230. The van der Waals surface area contributed by atoms with E-state index in [2.05, 4.69) is 40.7 Å². The van der Waals surface area contributed by atoms with Crippen LogP contribution in [0, 0.1) is 33.0 Å². The van der Waals surface area contributed by atoms with Crippen molar-refractivity contribution in [3.8, 4) is 0 Å². The fourth-order valence-electron chi connectivity index (χ4n) is 9.46. The Labute approximate surface area is 228 Å². The molecule has 0 radical (unpaired) electrons. The highest BCUT2D eigenvalue weighted by molar-refractivity contribution is 5.82. The van der Waals surface area contributed by atoms with E-state index in [4.69, 9.17) is 4.74 Å². The molecule has 0 aromatic heterocycles. The predicted molar refractivity (Wildman–Crippen MR) is 148 cm³/mol. The summed E-state index contributed by atoms with van der Waals surface area (Å²) >= 11 is 0. The Balaban J connectivity index is 1.70. The van der Waals surface area contributed by atoms with Crippen LogP contribution < -0.4 is 0 Å². The summed E-state index contributed by atoms with van der Waals surface area (Å²) in [5.41, 5.74) is 4.27. The maximum atomic E-state index is 12.8. The zero-order chi connectivity index (χ0) is 28.1. The van der Waals surface area contributed by atoms with Gasteiger partial charge in [-0.15, -0.1) is 0 Å². The van der Waals surface area contributed by atoms with Gasteiger partial charge in [0.25, 0.3) is 0 Å². The van der Waals surface area contributed by atoms with Crippen molar-refractivity contribution in [2.24, 2.45) is 33.0 Å². The highest BCUT2D eigenvalue weighted by Crippen LogP contribution is 2.76. The first kappa shape index (κ1) is 27.4. The van der Waals surface area contributed by atoms with Crippen LogP contribution in [-0.4, -0.2) is 35.2 Å². The first-order chi connectivity index (χ1) is 17.6. The molecule has 7 atom stereocenters. The fraction of sp³-hybridized carbons (Fsp3) is 0.697. The maximum Gasteiger partial charge on any atom is 0.309 e. The van der Waals surface area contributed by atoms with Crippen LogP contribution in [0.15, 0.2) is 45.8 Å². The number of carbonyl (C=O) groups excluding carboxylic acids is 2. The molecular formula is C33H46O5. The molecule has 0 aromatic carbocycles. The van der Waals surface area contributed by atoms with Gasteiger partial charge in [0, 0.05) is 10.8 Å². The number of rotatable bonds is 3. The van der Waals surface area contributed by atoms with Gasteiger partial charge < -0.3 is 14.9 Å². The van der Waals surface area contributed by atoms with Crippen LogP contribution in [-0.2, 0) is 14.3 Å². The SMILES string of the molecule is COC(=O)CC1=C2C(=CC(O)C(O)=C2C)[C@]2(C)CC[C@@]3(C)[C@@H]4C[C@](C)(C(C)=O)CC[C@]4(C)CC[C@]3(C)C2=C1. The smallest absolute Gasteiger partial charge is 0.309 e. The molecule has 0 saturated heterocycles. The summed E-state index contributed by atoms with van der Waals surface area (Å²) in [5, 5.41) is 21.5. The lowest BCUT2D eigenvalue weighted by Crippen LogP contribution is -2.62. The quantitative estimate of drug-likeness (QED) is 0.393. The second-order valence-electron chi connectivity index (χ2n) is 14.4. The molecule has 208 valence electrons. The van der Waals surface area contributed by atoms with Crippen LogP contribution in [0.4, 0.5) is 0 Å². The van der Waals surface area contributed by atoms with Gasteiger partial charge in [-0.1, -0.05) is 46.3 Å². The van der Waals surface area contributed by atoms with Crippen LogP contribution in [0.3, 0.4) is 0 Å². The summed E-state index contributed by atoms with van der Waals surface area (Å²) in [6.07, 6.45) is 10.3. The molecular weight excluding hydrogens is 476 g/mol. The average molecular weight is 523 g/mol. The molecule has 5 heteroatoms. The van der Waals surface area contributed by atoms with E-state index in [-0.39, 0.29) is 45.2 Å². The molecule has 3 saturated carbocycles. The van der Waals surface area contributed by atoms with Crippen molar-refractivity contribution in [3.05, 3.63) is 45.8 Å². The number of hydrogen-bond acceptors (Lipinski definition) is 5. The normalized spacial score (nSPS) is 44.2. The molecule has 3 fully saturated rings. The number of aliphatic hydroxyl groups is 2. The zero-order valence-electron chi connectivity index (χ0n) is 24.6. The van der Waals surface area contributed by atoms with E-state index < -0.39 is 6.10 Å². The van der Waals surface area contributed by atoms with Crippen LogP contribution in [0.2, 0.25) is 0 Å². The van der Waals surface area contributed by atoms with E-state index in [0.29, 0.717) is 17.3 Å². The second-order valence-corrected chi connectivity index (χ2v) is 14.4. The van der Waals surface area contributed by atoms with Gasteiger partial charge in [0.2, 0.25) is 0 Å². The minimum absolute atomic E-state index is 0.00276. The number of hydrogen-bond donors (Lipinski definition) is 2. The summed E-state index contributed by atoms with van der Waals surface area (Å²) in [4.78, 5) is 25.4. The van der Waals surface area contributed by atoms with Crippen molar-refractivity contribution < 1.29 is 24.5 Å². The molecule has 0 heterocycles. The van der Waals surface area contributed by atoms with Gasteiger partial charge in [-0.2, -0.15) is 0 Å². The lowest BCUT2D eigenvalue weighted by atomic mass is 9.34. The molecule has 0 amide bonds. The first-order valence-electron chi connectivity index (χ1n) is 14.4. The van der Waals surface area contributed by atoms with E-state index in [1.54, 1.807) is 6.92 Å². The van der Waals surface area contributed by atoms with Crippen LogP contribution in [0.5, 0.6) is 0 Å². The number of aliphatic hydroxyl groups excluding tert-OH is 2. The third-order valence-electron chi connectivity index (χ3n) is 12.6. The molecule has 1 unspecified atom stereocenters. The molecule has 5 rings (SSSR count). The number of methoxy groups -OCH3 is 1. The molecule has 38 heavy (non-hydrogen) atoms. The minimum atomic E-state index is -1.05. The lowest BCUT2D eigenvalue weighted by Gasteiger charge is -2.70. The molecule has 5 aliphatic rings. The van der Waals surface area contributed by atoms with E-state index in [1.807, 2.05) is 13.0 Å². The lowest BCUT2D eigenvalue weighted by molar-refractivity contribution is -0.167. The first-order valence-corrected chi connectivity index (χ1v) is 14.4. The topological polar surface area (TPSA) is 83.8 Å². The van der Waals surface area contributed by atoms with Gasteiger partial charge in [0.1, 0.15) is 17.6 Å². The van der Waals surface area contributed by atoms with Gasteiger partial charge in [0.05, 0.1) is 13.5 Å². The fourth-order valence-corrected chi connectivity index (χ4v) is 9.46. The minimum Gasteiger partial charge on any atom is -0.509 e. The Kier molecular flexibility index (Phi) is 6.08. The third-order valence-corrected chi connectivity index (χ3v) is 12.6. The van der Waals surface area contributed by atoms with Crippen LogP contribution in [0.1, 0.15) is 99.8 Å². The number of ketones is 1. The maximum absolute atomic E-state index is 12.8. The van der Waals surface area contributed by atoms with Crippen molar-refractivity contribution in [1.82, 2.24) is 0 Å². The van der Waals surface area contributed by atoms with E-state index in [0.717, 1.165) is 61.7 Å². The number of carbonyl (C=O) groups is 2. The average Bonchev–Trinajstić information content (AvgIpc) is 2.86. The number of Topliss-reactive ketones (excluding diaryl/α,β-unsaturated/α-hetero) is 1. The Morgan fingerprint density at radius 2 is 1.68 bits per heavy atom. The van der Waals surface area contributed by atoms with Crippen molar-refractivity contribution in [2.45, 2.75) is 106 Å². The number of allylic oxidation sites excluding steroid dienone is 5. The van der Waals surface area contributed by atoms with Crippen molar-refractivity contribution in [2.75, 3.05) is 7.11 Å². The van der Waals surface area contributed by atoms with Crippen LogP contribution in [0.25, 0.3) is 0 Å². The summed E-state index contributed by atoms with van der Waals surface area (Å²) < 4.78 is 5.08. The Morgan fingerprint density at radius 3 is 2.32 bits per heavy atom.